The van der Waals surface area contributed by atoms with E-state index in [1.165, 1.54) is 6.07 Å². The quantitative estimate of drug-likeness (QED) is 0.665. The van der Waals surface area contributed by atoms with E-state index >= 15 is 0 Å². The fourth-order valence-electron chi connectivity index (χ4n) is 3.97. The van der Waals surface area contributed by atoms with Crippen LogP contribution in [0.3, 0.4) is 0 Å². The second-order valence-corrected chi connectivity index (χ2v) is 7.79. The van der Waals surface area contributed by atoms with Crippen LogP contribution in [-0.2, 0) is 22.7 Å². The van der Waals surface area contributed by atoms with E-state index in [9.17, 15) is 14.0 Å². The molecule has 2 aromatic carbocycles. The third kappa shape index (κ3) is 4.66. The summed E-state index contributed by atoms with van der Waals surface area (Å²) < 4.78 is 16.0. The van der Waals surface area contributed by atoms with Gasteiger partial charge in [0.15, 0.2) is 0 Å². The minimum absolute atomic E-state index is 0.0479. The number of para-hydroxylation sites is 1. The zero-order valence-corrected chi connectivity index (χ0v) is 17.4. The molecule has 1 atom stereocenters. The molecule has 0 radical (unpaired) electrons. The van der Waals surface area contributed by atoms with Crippen LogP contribution in [-0.4, -0.2) is 32.8 Å². The number of rotatable bonds is 6. The highest BCUT2D eigenvalue weighted by molar-refractivity contribution is 5.83. The molecule has 0 spiro atoms. The van der Waals surface area contributed by atoms with Gasteiger partial charge in [-0.2, -0.15) is 0 Å². The lowest BCUT2D eigenvalue weighted by Gasteiger charge is -2.32. The van der Waals surface area contributed by atoms with Gasteiger partial charge in [-0.25, -0.2) is 9.37 Å². The van der Waals surface area contributed by atoms with Crippen molar-refractivity contribution in [1.82, 2.24) is 19.8 Å². The smallest absolute Gasteiger partial charge is 0.225 e. The Balaban J connectivity index is 1.41. The molecule has 31 heavy (non-hydrogen) atoms. The van der Waals surface area contributed by atoms with Crippen molar-refractivity contribution in [1.29, 1.82) is 0 Å². The number of halogens is 1. The summed E-state index contributed by atoms with van der Waals surface area (Å²) in [5.74, 6) is 0.0738. The van der Waals surface area contributed by atoms with Crippen LogP contribution in [0.15, 0.2) is 60.9 Å². The van der Waals surface area contributed by atoms with Gasteiger partial charge in [0.25, 0.3) is 0 Å². The fourth-order valence-corrected chi connectivity index (χ4v) is 3.97. The molecule has 2 heterocycles. The van der Waals surface area contributed by atoms with Crippen LogP contribution in [0.2, 0.25) is 0 Å². The van der Waals surface area contributed by atoms with Crippen LogP contribution in [0.5, 0.6) is 0 Å². The average Bonchev–Trinajstić information content (AvgIpc) is 3.21. The SMILES string of the molecule is Cc1nccn1-c1ccccc1CNC(=O)C1CCC(=O)N(Cc2ccccc2F)C1. The monoisotopic (exact) mass is 420 g/mol. The Morgan fingerprint density at radius 2 is 1.90 bits per heavy atom. The van der Waals surface area contributed by atoms with E-state index in [-0.39, 0.29) is 36.5 Å². The number of piperidine rings is 1. The number of benzene rings is 2. The van der Waals surface area contributed by atoms with Crippen molar-refractivity contribution in [3.63, 3.8) is 0 Å². The molecule has 1 saturated heterocycles. The zero-order valence-electron chi connectivity index (χ0n) is 17.4. The maximum absolute atomic E-state index is 14.0. The van der Waals surface area contributed by atoms with Crippen LogP contribution in [0.25, 0.3) is 5.69 Å². The first-order chi connectivity index (χ1) is 15.0. The Hall–Kier alpha value is -3.48. The number of hydrogen-bond acceptors (Lipinski definition) is 3. The van der Waals surface area contributed by atoms with Gasteiger partial charge in [-0.1, -0.05) is 36.4 Å². The molecular formula is C24H25FN4O2. The molecule has 1 N–H and O–H groups in total. The van der Waals surface area contributed by atoms with Gasteiger partial charge in [0, 0.05) is 44.0 Å². The van der Waals surface area contributed by atoms with Gasteiger partial charge in [0.1, 0.15) is 11.6 Å². The predicted octanol–water partition coefficient (Wildman–Crippen LogP) is 3.37. The highest BCUT2D eigenvalue weighted by atomic mass is 19.1. The van der Waals surface area contributed by atoms with Crippen LogP contribution < -0.4 is 5.32 Å². The molecule has 2 amide bonds. The van der Waals surface area contributed by atoms with Gasteiger partial charge in [0.05, 0.1) is 11.6 Å². The van der Waals surface area contributed by atoms with Crippen molar-refractivity contribution >= 4 is 11.8 Å². The van der Waals surface area contributed by atoms with Gasteiger partial charge in [-0.15, -0.1) is 0 Å². The van der Waals surface area contributed by atoms with Gasteiger partial charge in [-0.05, 0) is 31.0 Å². The number of imidazole rings is 1. The Labute approximate surface area is 180 Å². The molecule has 1 unspecified atom stereocenters. The van der Waals surface area contributed by atoms with Gasteiger partial charge in [0.2, 0.25) is 11.8 Å². The first kappa shape index (κ1) is 20.8. The summed E-state index contributed by atoms with van der Waals surface area (Å²) in [5, 5.41) is 3.02. The molecule has 7 heteroatoms. The Bertz CT molecular complexity index is 1090. The number of nitrogens with one attached hydrogen (secondary N) is 1. The van der Waals surface area contributed by atoms with Gasteiger partial charge >= 0.3 is 0 Å². The van der Waals surface area contributed by atoms with Gasteiger partial charge < -0.3 is 14.8 Å². The van der Waals surface area contributed by atoms with Crippen molar-refractivity contribution in [2.45, 2.75) is 32.9 Å². The molecule has 1 aliphatic rings. The zero-order chi connectivity index (χ0) is 21.8. The first-order valence-electron chi connectivity index (χ1n) is 10.4. The Kier molecular flexibility index (Phi) is 6.11. The van der Waals surface area contributed by atoms with E-state index in [0.717, 1.165) is 17.1 Å². The topological polar surface area (TPSA) is 67.2 Å². The lowest BCUT2D eigenvalue weighted by molar-refractivity contribution is -0.139. The summed E-state index contributed by atoms with van der Waals surface area (Å²) in [6.07, 6.45) is 4.43. The maximum atomic E-state index is 14.0. The van der Waals surface area contributed by atoms with E-state index in [0.29, 0.717) is 25.1 Å². The van der Waals surface area contributed by atoms with E-state index in [1.54, 1.807) is 29.3 Å². The van der Waals surface area contributed by atoms with Crippen LogP contribution in [0.4, 0.5) is 4.39 Å². The summed E-state index contributed by atoms with van der Waals surface area (Å²) in [6, 6.07) is 14.3. The second-order valence-electron chi connectivity index (χ2n) is 7.79. The second kappa shape index (κ2) is 9.12. The highest BCUT2D eigenvalue weighted by Crippen LogP contribution is 2.22. The van der Waals surface area contributed by atoms with E-state index < -0.39 is 0 Å². The van der Waals surface area contributed by atoms with E-state index in [1.807, 2.05) is 42.0 Å². The minimum Gasteiger partial charge on any atom is -0.352 e. The molecule has 6 nitrogen and oxygen atoms in total. The number of hydrogen-bond donors (Lipinski definition) is 1. The molecule has 4 rings (SSSR count). The average molecular weight is 420 g/mol. The number of amides is 2. The molecule has 0 aliphatic carbocycles. The molecule has 0 saturated carbocycles. The van der Waals surface area contributed by atoms with Crippen LogP contribution in [0.1, 0.15) is 29.8 Å². The number of carbonyl (C=O) groups excluding carboxylic acids is 2. The van der Waals surface area contributed by atoms with E-state index in [2.05, 4.69) is 10.3 Å². The van der Waals surface area contributed by atoms with Crippen molar-refractivity contribution in [3.05, 3.63) is 83.7 Å². The standard InChI is InChI=1S/C24H25FN4O2/c1-17-26-12-13-29(17)22-9-5-3-6-18(22)14-27-24(31)20-10-11-23(30)28(16-20)15-19-7-2-4-8-21(19)25/h2-9,12-13,20H,10-11,14-16H2,1H3,(H,27,31). The number of likely N-dealkylation sites (tertiary alicyclic amines) is 1. The summed E-state index contributed by atoms with van der Waals surface area (Å²) in [6.45, 7) is 2.78. The largest absolute Gasteiger partial charge is 0.352 e. The Morgan fingerprint density at radius 1 is 1.16 bits per heavy atom. The summed E-state index contributed by atoms with van der Waals surface area (Å²) in [4.78, 5) is 31.0. The molecule has 160 valence electrons. The molecule has 0 bridgehead atoms. The number of aryl methyl sites for hydroxylation is 1. The lowest BCUT2D eigenvalue weighted by atomic mass is 9.96. The maximum Gasteiger partial charge on any atom is 0.225 e. The third-order valence-corrected chi connectivity index (χ3v) is 5.72. The predicted molar refractivity (Wildman–Crippen MR) is 115 cm³/mol. The fraction of sp³-hybridized carbons (Fsp3) is 0.292. The van der Waals surface area contributed by atoms with Crippen molar-refractivity contribution in [2.75, 3.05) is 6.54 Å². The van der Waals surface area contributed by atoms with E-state index in [4.69, 9.17) is 0 Å². The summed E-state index contributed by atoms with van der Waals surface area (Å²) in [5.41, 5.74) is 2.41. The summed E-state index contributed by atoms with van der Waals surface area (Å²) in [7, 11) is 0. The minimum atomic E-state index is -0.340. The number of aromatic nitrogens is 2. The lowest BCUT2D eigenvalue weighted by Crippen LogP contribution is -2.45. The van der Waals surface area contributed by atoms with Gasteiger partial charge in [-0.3, -0.25) is 9.59 Å². The molecule has 3 aromatic rings. The third-order valence-electron chi connectivity index (χ3n) is 5.72. The van der Waals surface area contributed by atoms with Crippen LogP contribution >= 0.6 is 0 Å². The van der Waals surface area contributed by atoms with Crippen molar-refractivity contribution in [2.24, 2.45) is 5.92 Å². The highest BCUT2D eigenvalue weighted by Gasteiger charge is 2.30. The number of carbonyl (C=O) groups is 2. The molecule has 1 aliphatic heterocycles. The Morgan fingerprint density at radius 3 is 2.65 bits per heavy atom. The molecule has 1 aromatic heterocycles. The van der Waals surface area contributed by atoms with Crippen molar-refractivity contribution < 1.29 is 14.0 Å². The molecular weight excluding hydrogens is 395 g/mol. The first-order valence-corrected chi connectivity index (χ1v) is 10.4. The normalized spacial score (nSPS) is 16.4. The van der Waals surface area contributed by atoms with Crippen molar-refractivity contribution in [3.8, 4) is 5.69 Å². The van der Waals surface area contributed by atoms with Crippen LogP contribution in [0, 0.1) is 18.7 Å². The summed E-state index contributed by atoms with van der Waals surface area (Å²) >= 11 is 0. The number of nitrogens with zero attached hydrogens (tertiary/aromatic N) is 3. The molecule has 1 fully saturated rings.